The van der Waals surface area contributed by atoms with E-state index in [1.165, 1.54) is 0 Å². The summed E-state index contributed by atoms with van der Waals surface area (Å²) < 4.78 is 0. The number of nitrogens with one attached hydrogen (secondary N) is 2. The zero-order valence-electron chi connectivity index (χ0n) is 12.2. The normalized spacial score (nSPS) is 31.6. The summed E-state index contributed by atoms with van der Waals surface area (Å²) in [6.45, 7) is 0. The summed E-state index contributed by atoms with van der Waals surface area (Å²) in [5.41, 5.74) is 0.655. The van der Waals surface area contributed by atoms with Crippen molar-refractivity contribution >= 4 is 28.4 Å². The number of benzene rings is 1. The molecule has 0 spiro atoms. The molecule has 4 rings (SSSR count). The lowest BCUT2D eigenvalue weighted by molar-refractivity contribution is -0.120. The maximum absolute atomic E-state index is 11.5. The van der Waals surface area contributed by atoms with E-state index in [2.05, 4.69) is 15.5 Å². The number of halogens is 1. The van der Waals surface area contributed by atoms with Crippen LogP contribution in [-0.2, 0) is 10.4 Å². The van der Waals surface area contributed by atoms with Crippen molar-refractivity contribution in [3.63, 3.8) is 0 Å². The van der Waals surface area contributed by atoms with E-state index >= 15 is 0 Å². The number of hydrogen-bond donors (Lipinski definition) is 3. The highest BCUT2D eigenvalue weighted by molar-refractivity contribution is 6.31. The van der Waals surface area contributed by atoms with Gasteiger partial charge in [-0.05, 0) is 42.4 Å². The van der Waals surface area contributed by atoms with Gasteiger partial charge in [0.25, 0.3) is 0 Å². The van der Waals surface area contributed by atoms with Gasteiger partial charge in [0.2, 0.25) is 5.91 Å². The van der Waals surface area contributed by atoms with Gasteiger partial charge in [-0.1, -0.05) is 11.6 Å². The lowest BCUT2D eigenvalue weighted by atomic mass is 9.86. The summed E-state index contributed by atoms with van der Waals surface area (Å²) in [4.78, 5) is 11.5. The Morgan fingerprint density at radius 1 is 1.52 bits per heavy atom. The zero-order chi connectivity index (χ0) is 16.2. The zero-order valence-corrected chi connectivity index (χ0v) is 13.0. The highest BCUT2D eigenvalue weighted by Gasteiger charge is 2.62. The Labute approximate surface area is 137 Å². The third-order valence-electron chi connectivity index (χ3n) is 5.07. The largest absolute Gasteiger partial charge is 0.385 e. The summed E-state index contributed by atoms with van der Waals surface area (Å²) in [7, 11) is 0. The van der Waals surface area contributed by atoms with Crippen LogP contribution >= 0.6 is 11.6 Å². The Balaban J connectivity index is 1.55. The second-order valence-corrected chi connectivity index (χ2v) is 6.92. The first kappa shape index (κ1) is 14.5. The standard InChI is InChI=1S/C16H15ClN4O2/c17-8-3-12(11-7-19-21-13(11)4-8)16(23)5-9-10(6-16)15(9)20-14(22)1-2-18/h3-4,7,9-10,15,23H,1,5-6H2,(H,19,21)(H,20,22)/t9-,10+,15-,16+. The fourth-order valence-corrected chi connectivity index (χ4v) is 4.23. The molecule has 7 heteroatoms. The van der Waals surface area contributed by atoms with Gasteiger partial charge in [0.1, 0.15) is 6.42 Å². The molecule has 23 heavy (non-hydrogen) atoms. The topological polar surface area (TPSA) is 102 Å². The summed E-state index contributed by atoms with van der Waals surface area (Å²) in [5, 5.41) is 30.9. The molecule has 0 aliphatic heterocycles. The smallest absolute Gasteiger partial charge is 0.234 e. The molecule has 2 saturated carbocycles. The number of aliphatic hydroxyl groups is 1. The number of hydrogen-bond acceptors (Lipinski definition) is 4. The van der Waals surface area contributed by atoms with E-state index in [4.69, 9.17) is 16.9 Å². The highest BCUT2D eigenvalue weighted by Crippen LogP contribution is 2.60. The van der Waals surface area contributed by atoms with Crippen LogP contribution in [0.1, 0.15) is 24.8 Å². The Hall–Kier alpha value is -2.10. The fourth-order valence-electron chi connectivity index (χ4n) is 4.01. The van der Waals surface area contributed by atoms with E-state index < -0.39 is 5.60 Å². The van der Waals surface area contributed by atoms with Crippen LogP contribution in [0.4, 0.5) is 0 Å². The molecule has 0 radical (unpaired) electrons. The molecule has 2 fully saturated rings. The maximum atomic E-state index is 11.5. The van der Waals surface area contributed by atoms with Gasteiger partial charge < -0.3 is 10.4 Å². The van der Waals surface area contributed by atoms with Crippen molar-refractivity contribution in [2.24, 2.45) is 11.8 Å². The van der Waals surface area contributed by atoms with E-state index in [1.807, 2.05) is 6.07 Å². The number of nitrogens with zero attached hydrogens (tertiary/aromatic N) is 2. The average molecular weight is 331 g/mol. The van der Waals surface area contributed by atoms with Crippen molar-refractivity contribution in [1.29, 1.82) is 5.26 Å². The summed E-state index contributed by atoms with van der Waals surface area (Å²) in [6.07, 6.45) is 2.74. The number of aromatic nitrogens is 2. The summed E-state index contributed by atoms with van der Waals surface area (Å²) >= 11 is 6.15. The van der Waals surface area contributed by atoms with Crippen molar-refractivity contribution in [3.8, 4) is 6.07 Å². The quantitative estimate of drug-likeness (QED) is 0.799. The number of carbonyl (C=O) groups is 1. The molecule has 118 valence electrons. The molecule has 2 aliphatic carbocycles. The molecule has 3 N–H and O–H groups in total. The maximum Gasteiger partial charge on any atom is 0.234 e. The molecule has 0 unspecified atom stereocenters. The van der Waals surface area contributed by atoms with Crippen LogP contribution in [0.5, 0.6) is 0 Å². The molecule has 0 saturated heterocycles. The van der Waals surface area contributed by atoms with Gasteiger partial charge in [0.05, 0.1) is 23.4 Å². The molecule has 1 aromatic carbocycles. The van der Waals surface area contributed by atoms with E-state index in [9.17, 15) is 9.90 Å². The van der Waals surface area contributed by atoms with Gasteiger partial charge in [-0.25, -0.2) is 0 Å². The van der Waals surface area contributed by atoms with Gasteiger partial charge in [0.15, 0.2) is 0 Å². The average Bonchev–Trinajstić information content (AvgIpc) is 2.90. The van der Waals surface area contributed by atoms with Crippen LogP contribution in [0.25, 0.3) is 10.9 Å². The SMILES string of the molecule is N#CCC(=O)N[C@@H]1[C@@H]2C[C@@](O)(c3cc(Cl)cc4[nH]ncc34)C[C@@H]21. The Bertz CT molecular complexity index is 828. The molecular weight excluding hydrogens is 316 g/mol. The van der Waals surface area contributed by atoms with Gasteiger partial charge in [-0.2, -0.15) is 10.4 Å². The number of nitriles is 1. The number of carbonyl (C=O) groups excluding carboxylic acids is 1. The van der Waals surface area contributed by atoms with Crippen molar-refractivity contribution in [1.82, 2.24) is 15.5 Å². The van der Waals surface area contributed by atoms with Crippen LogP contribution in [0.15, 0.2) is 18.3 Å². The number of rotatable bonds is 3. The van der Waals surface area contributed by atoms with Crippen molar-refractivity contribution < 1.29 is 9.90 Å². The molecule has 4 atom stereocenters. The molecule has 2 aliphatic rings. The second kappa shape index (κ2) is 4.95. The van der Waals surface area contributed by atoms with E-state index in [-0.39, 0.29) is 30.2 Å². The lowest BCUT2D eigenvalue weighted by Crippen LogP contribution is -2.33. The third-order valence-corrected chi connectivity index (χ3v) is 5.29. The monoisotopic (exact) mass is 330 g/mol. The second-order valence-electron chi connectivity index (χ2n) is 6.48. The molecule has 0 bridgehead atoms. The van der Waals surface area contributed by atoms with Crippen LogP contribution in [0.2, 0.25) is 5.02 Å². The molecule has 1 heterocycles. The van der Waals surface area contributed by atoms with Crippen LogP contribution < -0.4 is 5.32 Å². The van der Waals surface area contributed by atoms with E-state index in [0.29, 0.717) is 17.9 Å². The molecule has 2 aromatic rings. The van der Waals surface area contributed by atoms with Crippen LogP contribution in [0, 0.1) is 23.2 Å². The number of aromatic amines is 1. The van der Waals surface area contributed by atoms with Crippen molar-refractivity contribution in [2.45, 2.75) is 30.9 Å². The number of fused-ring (bicyclic) bond motifs is 2. The van der Waals surface area contributed by atoms with Gasteiger partial charge in [-0.15, -0.1) is 0 Å². The predicted octanol–water partition coefficient (Wildman–Crippen LogP) is 1.84. The van der Waals surface area contributed by atoms with Crippen molar-refractivity contribution in [2.75, 3.05) is 0 Å². The molecule has 1 amide bonds. The summed E-state index contributed by atoms with van der Waals surface area (Å²) in [6, 6.07) is 5.51. The van der Waals surface area contributed by atoms with E-state index in [0.717, 1.165) is 16.5 Å². The minimum absolute atomic E-state index is 0.0788. The molecule has 1 aromatic heterocycles. The van der Waals surface area contributed by atoms with Crippen LogP contribution in [0.3, 0.4) is 0 Å². The highest BCUT2D eigenvalue weighted by atomic mass is 35.5. The first-order chi connectivity index (χ1) is 11.0. The first-order valence-corrected chi connectivity index (χ1v) is 7.91. The third kappa shape index (κ3) is 2.28. The van der Waals surface area contributed by atoms with Gasteiger partial charge >= 0.3 is 0 Å². The Morgan fingerprint density at radius 2 is 2.26 bits per heavy atom. The van der Waals surface area contributed by atoms with Gasteiger partial charge in [0, 0.05) is 16.5 Å². The Morgan fingerprint density at radius 3 is 2.96 bits per heavy atom. The predicted molar refractivity (Wildman–Crippen MR) is 83.4 cm³/mol. The van der Waals surface area contributed by atoms with Crippen LogP contribution in [-0.4, -0.2) is 27.3 Å². The minimum atomic E-state index is -0.946. The van der Waals surface area contributed by atoms with E-state index in [1.54, 1.807) is 18.3 Å². The summed E-state index contributed by atoms with van der Waals surface area (Å²) in [5.74, 6) is 0.266. The minimum Gasteiger partial charge on any atom is -0.385 e. The van der Waals surface area contributed by atoms with Crippen molar-refractivity contribution in [3.05, 3.63) is 28.9 Å². The number of H-pyrrole nitrogens is 1. The van der Waals surface area contributed by atoms with Gasteiger partial charge in [-0.3, -0.25) is 9.89 Å². The molecule has 6 nitrogen and oxygen atoms in total. The first-order valence-electron chi connectivity index (χ1n) is 7.53. The Kier molecular flexibility index (Phi) is 3.12. The lowest BCUT2D eigenvalue weighted by Gasteiger charge is -2.27. The fraction of sp³-hybridized carbons (Fsp3) is 0.438. The number of amides is 1. The molecular formula is C16H15ClN4O2.